The molecule has 1 aliphatic carbocycles. The van der Waals surface area contributed by atoms with Gasteiger partial charge in [-0.1, -0.05) is 54.6 Å². The number of ether oxygens (including phenoxy) is 2. The Labute approximate surface area is 146 Å². The van der Waals surface area contributed by atoms with Crippen LogP contribution in [-0.4, -0.2) is 18.5 Å². The van der Waals surface area contributed by atoms with Crippen molar-refractivity contribution in [3.63, 3.8) is 0 Å². The van der Waals surface area contributed by atoms with Crippen LogP contribution in [0.25, 0.3) is 11.6 Å². The Kier molecular flexibility index (Phi) is 5.09. The van der Waals surface area contributed by atoms with Crippen LogP contribution in [0.1, 0.15) is 23.6 Å². The summed E-state index contributed by atoms with van der Waals surface area (Å²) in [5.74, 6) is -0.938. The molecule has 0 unspecified atom stereocenters. The normalized spacial score (nSPS) is 14.0. The summed E-state index contributed by atoms with van der Waals surface area (Å²) < 4.78 is 10.4. The van der Waals surface area contributed by atoms with Crippen molar-refractivity contribution in [1.82, 2.24) is 0 Å². The monoisotopic (exact) mass is 334 g/mol. The molecule has 126 valence electrons. The van der Waals surface area contributed by atoms with E-state index in [9.17, 15) is 9.59 Å². The third-order valence-corrected chi connectivity index (χ3v) is 3.82. The van der Waals surface area contributed by atoms with Crippen molar-refractivity contribution < 1.29 is 19.1 Å². The summed E-state index contributed by atoms with van der Waals surface area (Å²) in [5, 5.41) is 0. The predicted octanol–water partition coefficient (Wildman–Crippen LogP) is 3.77. The van der Waals surface area contributed by atoms with Crippen molar-refractivity contribution in [1.29, 1.82) is 0 Å². The average molecular weight is 334 g/mol. The van der Waals surface area contributed by atoms with Gasteiger partial charge >= 0.3 is 11.9 Å². The van der Waals surface area contributed by atoms with Crippen molar-refractivity contribution in [2.24, 2.45) is 0 Å². The summed E-state index contributed by atoms with van der Waals surface area (Å²) in [6, 6.07) is 17.0. The van der Waals surface area contributed by atoms with Crippen LogP contribution in [0.15, 0.2) is 66.2 Å². The molecule has 0 bridgehead atoms. The third kappa shape index (κ3) is 3.86. The highest BCUT2D eigenvalue weighted by atomic mass is 16.5. The first kappa shape index (κ1) is 16.7. The summed E-state index contributed by atoms with van der Waals surface area (Å²) in [6.45, 7) is 2.20. The van der Waals surface area contributed by atoms with Gasteiger partial charge in [-0.05, 0) is 29.7 Å². The van der Waals surface area contributed by atoms with Crippen LogP contribution in [0.2, 0.25) is 0 Å². The number of carbonyl (C=O) groups excluding carboxylic acids is 2. The van der Waals surface area contributed by atoms with Crippen LogP contribution in [0.4, 0.5) is 0 Å². The predicted molar refractivity (Wildman–Crippen MR) is 95.3 cm³/mol. The Morgan fingerprint density at radius 2 is 1.68 bits per heavy atom. The van der Waals surface area contributed by atoms with Gasteiger partial charge in [0.05, 0.1) is 12.2 Å². The largest absolute Gasteiger partial charge is 0.463 e. The second-order valence-corrected chi connectivity index (χ2v) is 5.52. The Morgan fingerprint density at radius 1 is 0.960 bits per heavy atom. The van der Waals surface area contributed by atoms with Crippen molar-refractivity contribution in [3.8, 4) is 0 Å². The van der Waals surface area contributed by atoms with Crippen LogP contribution in [0.3, 0.4) is 0 Å². The van der Waals surface area contributed by atoms with Gasteiger partial charge < -0.3 is 9.47 Å². The molecule has 0 saturated heterocycles. The zero-order chi connectivity index (χ0) is 17.6. The molecule has 1 aliphatic rings. The quantitative estimate of drug-likeness (QED) is 0.617. The second kappa shape index (κ2) is 7.62. The van der Waals surface area contributed by atoms with Crippen LogP contribution < -0.4 is 0 Å². The van der Waals surface area contributed by atoms with Gasteiger partial charge in [0, 0.05) is 11.6 Å². The van der Waals surface area contributed by atoms with Gasteiger partial charge in [-0.15, -0.1) is 0 Å². The minimum Gasteiger partial charge on any atom is -0.463 e. The molecule has 0 aliphatic heterocycles. The van der Waals surface area contributed by atoms with E-state index in [1.807, 2.05) is 54.6 Å². The average Bonchev–Trinajstić information content (AvgIpc) is 2.99. The van der Waals surface area contributed by atoms with Crippen molar-refractivity contribution in [2.75, 3.05) is 6.61 Å². The fourth-order valence-electron chi connectivity index (χ4n) is 2.67. The van der Waals surface area contributed by atoms with E-state index in [1.165, 1.54) is 6.08 Å². The molecule has 0 radical (unpaired) electrons. The van der Waals surface area contributed by atoms with E-state index in [2.05, 4.69) is 0 Å². The Morgan fingerprint density at radius 3 is 2.44 bits per heavy atom. The number of rotatable bonds is 5. The fourth-order valence-corrected chi connectivity index (χ4v) is 2.67. The van der Waals surface area contributed by atoms with Gasteiger partial charge in [0.1, 0.15) is 6.61 Å². The molecule has 4 heteroatoms. The van der Waals surface area contributed by atoms with Crippen LogP contribution in [0.5, 0.6) is 0 Å². The number of esters is 2. The summed E-state index contributed by atoms with van der Waals surface area (Å²) in [5.41, 5.74) is 3.51. The highest BCUT2D eigenvalue weighted by Crippen LogP contribution is 2.36. The maximum atomic E-state index is 12.6. The Balaban J connectivity index is 1.83. The maximum Gasteiger partial charge on any atom is 0.339 e. The van der Waals surface area contributed by atoms with Crippen molar-refractivity contribution in [2.45, 2.75) is 13.5 Å². The molecule has 0 atom stereocenters. The SMILES string of the molecule is CCOC(=O)/C=C1/C(C(=O)OCc2ccccc2)=Cc2ccccc21. The first-order chi connectivity index (χ1) is 12.2. The van der Waals surface area contributed by atoms with Crippen LogP contribution in [0, 0.1) is 0 Å². The van der Waals surface area contributed by atoms with E-state index in [4.69, 9.17) is 9.47 Å². The molecule has 0 fully saturated rings. The van der Waals surface area contributed by atoms with Crippen LogP contribution in [-0.2, 0) is 25.7 Å². The molecule has 0 heterocycles. The van der Waals surface area contributed by atoms with Crippen molar-refractivity contribution >= 4 is 23.6 Å². The fraction of sp³-hybridized carbons (Fsp3) is 0.143. The number of fused-ring (bicyclic) bond motifs is 1. The second-order valence-electron chi connectivity index (χ2n) is 5.52. The summed E-state index contributed by atoms with van der Waals surface area (Å²) in [4.78, 5) is 24.4. The van der Waals surface area contributed by atoms with E-state index < -0.39 is 11.9 Å². The molecule has 0 saturated carbocycles. The summed E-state index contributed by atoms with van der Waals surface area (Å²) in [7, 11) is 0. The lowest BCUT2D eigenvalue weighted by atomic mass is 10.0. The third-order valence-electron chi connectivity index (χ3n) is 3.82. The minimum absolute atomic E-state index is 0.181. The minimum atomic E-state index is -0.476. The molecule has 4 nitrogen and oxygen atoms in total. The molecule has 25 heavy (non-hydrogen) atoms. The van der Waals surface area contributed by atoms with Gasteiger partial charge in [-0.2, -0.15) is 0 Å². The van der Waals surface area contributed by atoms with E-state index in [1.54, 1.807) is 13.0 Å². The highest BCUT2D eigenvalue weighted by Gasteiger charge is 2.26. The molecule has 3 rings (SSSR count). The molecule has 0 N–H and O–H groups in total. The lowest BCUT2D eigenvalue weighted by molar-refractivity contribution is -0.139. The number of hydrogen-bond donors (Lipinski definition) is 0. The molecule has 0 amide bonds. The lowest BCUT2D eigenvalue weighted by Gasteiger charge is -2.08. The molecule has 0 spiro atoms. The first-order valence-corrected chi connectivity index (χ1v) is 8.10. The molecule has 0 aromatic heterocycles. The smallest absolute Gasteiger partial charge is 0.339 e. The zero-order valence-corrected chi connectivity index (χ0v) is 13.9. The molecular formula is C21H18O4. The Hall–Kier alpha value is -3.14. The van der Waals surface area contributed by atoms with Gasteiger partial charge in [0.25, 0.3) is 0 Å². The van der Waals surface area contributed by atoms with E-state index in [0.29, 0.717) is 11.1 Å². The topological polar surface area (TPSA) is 52.6 Å². The van der Waals surface area contributed by atoms with E-state index in [0.717, 1.165) is 16.7 Å². The van der Waals surface area contributed by atoms with Gasteiger partial charge in [0.15, 0.2) is 0 Å². The van der Waals surface area contributed by atoms with Crippen molar-refractivity contribution in [3.05, 3.63) is 82.9 Å². The molecular weight excluding hydrogens is 316 g/mol. The van der Waals surface area contributed by atoms with Gasteiger partial charge in [0.2, 0.25) is 0 Å². The molecule has 2 aromatic carbocycles. The summed E-state index contributed by atoms with van der Waals surface area (Å²) in [6.07, 6.45) is 3.10. The maximum absolute atomic E-state index is 12.6. The highest BCUT2D eigenvalue weighted by molar-refractivity contribution is 6.17. The van der Waals surface area contributed by atoms with E-state index in [-0.39, 0.29) is 13.2 Å². The van der Waals surface area contributed by atoms with Gasteiger partial charge in [-0.3, -0.25) is 0 Å². The summed E-state index contributed by atoms with van der Waals surface area (Å²) >= 11 is 0. The van der Waals surface area contributed by atoms with Crippen LogP contribution >= 0.6 is 0 Å². The number of carbonyl (C=O) groups is 2. The van der Waals surface area contributed by atoms with Gasteiger partial charge in [-0.25, -0.2) is 9.59 Å². The zero-order valence-electron chi connectivity index (χ0n) is 13.9. The number of benzene rings is 2. The van der Waals surface area contributed by atoms with E-state index >= 15 is 0 Å². The number of hydrogen-bond acceptors (Lipinski definition) is 4. The first-order valence-electron chi connectivity index (χ1n) is 8.10. The molecule has 2 aromatic rings. The Bertz CT molecular complexity index is 847. The lowest BCUT2D eigenvalue weighted by Crippen LogP contribution is -2.09. The standard InChI is InChI=1S/C21H18O4/c1-2-24-20(22)13-18-17-11-7-6-10-16(17)12-19(18)21(23)25-14-15-8-4-3-5-9-15/h3-13H,2,14H2,1H3/b18-13+.